The third-order valence-corrected chi connectivity index (χ3v) is 6.89. The van der Waals surface area contributed by atoms with Gasteiger partial charge in [-0.3, -0.25) is 14.2 Å². The zero-order valence-electron chi connectivity index (χ0n) is 22.4. The maximum absolute atomic E-state index is 13.8. The quantitative estimate of drug-likeness (QED) is 0.247. The second-order valence-corrected chi connectivity index (χ2v) is 10.1. The maximum atomic E-state index is 13.8. The van der Waals surface area contributed by atoms with E-state index in [1.54, 1.807) is 4.57 Å². The molecule has 3 aromatic carbocycles. The summed E-state index contributed by atoms with van der Waals surface area (Å²) in [6.07, 6.45) is 2.65. The summed E-state index contributed by atoms with van der Waals surface area (Å²) in [5, 5.41) is 0.575. The number of fused-ring (bicyclic) bond motifs is 1. The van der Waals surface area contributed by atoms with Crippen molar-refractivity contribution >= 4 is 16.8 Å². The summed E-state index contributed by atoms with van der Waals surface area (Å²) in [5.74, 6) is 1.16. The predicted octanol–water partition coefficient (Wildman–Crippen LogP) is 6.65. The highest BCUT2D eigenvalue weighted by atomic mass is 16.2. The molecule has 1 unspecified atom stereocenters. The Morgan fingerprint density at radius 2 is 1.62 bits per heavy atom. The molecule has 37 heavy (non-hydrogen) atoms. The lowest BCUT2D eigenvalue weighted by Crippen LogP contribution is -2.39. The van der Waals surface area contributed by atoms with Gasteiger partial charge in [0.05, 0.1) is 22.6 Å². The number of carbonyl (C=O) groups is 1. The fourth-order valence-electron chi connectivity index (χ4n) is 4.75. The van der Waals surface area contributed by atoms with E-state index in [0.717, 1.165) is 23.2 Å². The topological polar surface area (TPSA) is 55.2 Å². The highest BCUT2D eigenvalue weighted by molar-refractivity contribution is 5.79. The molecule has 0 aliphatic heterocycles. The number of amides is 1. The second kappa shape index (κ2) is 12.0. The van der Waals surface area contributed by atoms with E-state index in [-0.39, 0.29) is 17.5 Å². The van der Waals surface area contributed by atoms with E-state index >= 15 is 0 Å². The van der Waals surface area contributed by atoms with Gasteiger partial charge in [-0.2, -0.15) is 0 Å². The van der Waals surface area contributed by atoms with Gasteiger partial charge < -0.3 is 4.90 Å². The van der Waals surface area contributed by atoms with Gasteiger partial charge in [0, 0.05) is 13.0 Å². The summed E-state index contributed by atoms with van der Waals surface area (Å²) in [7, 11) is 0. The van der Waals surface area contributed by atoms with Crippen molar-refractivity contribution in [2.45, 2.75) is 59.4 Å². The summed E-state index contributed by atoms with van der Waals surface area (Å²) >= 11 is 0. The van der Waals surface area contributed by atoms with E-state index in [4.69, 9.17) is 4.98 Å². The molecule has 1 aromatic heterocycles. The Morgan fingerprint density at radius 1 is 0.946 bits per heavy atom. The monoisotopic (exact) mass is 495 g/mol. The lowest BCUT2D eigenvalue weighted by atomic mass is 10.0. The van der Waals surface area contributed by atoms with Crippen molar-refractivity contribution in [1.82, 2.24) is 14.5 Å². The summed E-state index contributed by atoms with van der Waals surface area (Å²) in [4.78, 5) is 34.6. The highest BCUT2D eigenvalue weighted by Crippen LogP contribution is 2.28. The molecule has 0 N–H and O–H groups in total. The van der Waals surface area contributed by atoms with Gasteiger partial charge in [-0.25, -0.2) is 4.98 Å². The van der Waals surface area contributed by atoms with E-state index in [1.807, 2.05) is 78.6 Å². The number of aromatic nitrogens is 2. The van der Waals surface area contributed by atoms with Gasteiger partial charge in [-0.05, 0) is 61.9 Å². The van der Waals surface area contributed by atoms with E-state index in [9.17, 15) is 9.59 Å². The molecular weight excluding hydrogens is 458 g/mol. The third-order valence-electron chi connectivity index (χ3n) is 6.89. The van der Waals surface area contributed by atoms with Crippen molar-refractivity contribution in [3.8, 4) is 5.69 Å². The first kappa shape index (κ1) is 26.3. The molecule has 1 amide bonds. The van der Waals surface area contributed by atoms with Crippen molar-refractivity contribution in [3.63, 3.8) is 0 Å². The van der Waals surface area contributed by atoms with E-state index in [2.05, 4.69) is 32.9 Å². The van der Waals surface area contributed by atoms with E-state index in [1.165, 1.54) is 0 Å². The van der Waals surface area contributed by atoms with Crippen LogP contribution in [0.1, 0.15) is 63.0 Å². The Morgan fingerprint density at radius 3 is 2.30 bits per heavy atom. The first-order chi connectivity index (χ1) is 17.9. The second-order valence-electron chi connectivity index (χ2n) is 10.1. The average molecular weight is 496 g/mol. The number of rotatable bonds is 10. The van der Waals surface area contributed by atoms with Gasteiger partial charge in [0.25, 0.3) is 5.56 Å². The molecular formula is C32H37N3O2. The molecule has 0 saturated carbocycles. The summed E-state index contributed by atoms with van der Waals surface area (Å²) in [6, 6.07) is 25.2. The van der Waals surface area contributed by atoms with Gasteiger partial charge in [-0.1, -0.05) is 80.9 Å². The number of benzene rings is 3. The highest BCUT2D eigenvalue weighted by Gasteiger charge is 2.29. The fraction of sp³-hybridized carbons (Fsp3) is 0.344. The minimum absolute atomic E-state index is 0.0919. The largest absolute Gasteiger partial charge is 0.332 e. The van der Waals surface area contributed by atoms with Crippen molar-refractivity contribution in [2.75, 3.05) is 6.54 Å². The van der Waals surface area contributed by atoms with Crippen molar-refractivity contribution in [3.05, 3.63) is 106 Å². The van der Waals surface area contributed by atoms with Crippen molar-refractivity contribution in [2.24, 2.45) is 5.92 Å². The fourth-order valence-corrected chi connectivity index (χ4v) is 4.75. The van der Waals surface area contributed by atoms with Crippen LogP contribution in [0.3, 0.4) is 0 Å². The minimum Gasteiger partial charge on any atom is -0.332 e. The standard InChI is InChI=1S/C32H37N3O2/c1-5-29(34(22-21-23(2)3)30(36)20-17-25-11-7-6-8-12-25)31-33-28-14-10-9-13-27(28)32(37)35(31)26-18-15-24(4)16-19-26/h6-16,18-19,23,29H,5,17,20-22H2,1-4H3. The normalized spacial score (nSPS) is 12.1. The Balaban J connectivity index is 1.81. The van der Waals surface area contributed by atoms with Crippen LogP contribution in [0, 0.1) is 12.8 Å². The van der Waals surface area contributed by atoms with Crippen LogP contribution in [0.25, 0.3) is 16.6 Å². The lowest BCUT2D eigenvalue weighted by Gasteiger charge is -2.33. The molecule has 0 fully saturated rings. The number of aryl methyl sites for hydroxylation is 2. The molecule has 5 heteroatoms. The van der Waals surface area contributed by atoms with Crippen molar-refractivity contribution < 1.29 is 4.79 Å². The smallest absolute Gasteiger partial charge is 0.266 e. The van der Waals surface area contributed by atoms with E-state index in [0.29, 0.717) is 48.5 Å². The molecule has 192 valence electrons. The molecule has 1 atom stereocenters. The molecule has 0 aliphatic carbocycles. The molecule has 5 nitrogen and oxygen atoms in total. The van der Waals surface area contributed by atoms with Crippen LogP contribution in [-0.4, -0.2) is 26.9 Å². The molecule has 0 radical (unpaired) electrons. The molecule has 4 aromatic rings. The molecule has 0 saturated heterocycles. The van der Waals surface area contributed by atoms with Crippen LogP contribution in [0.5, 0.6) is 0 Å². The SMILES string of the molecule is CCC(c1nc2ccccc2c(=O)n1-c1ccc(C)cc1)N(CCC(C)C)C(=O)CCc1ccccc1. The zero-order chi connectivity index (χ0) is 26.4. The van der Waals surface area contributed by atoms with Gasteiger partial charge >= 0.3 is 0 Å². The summed E-state index contributed by atoms with van der Waals surface area (Å²) < 4.78 is 1.71. The first-order valence-corrected chi connectivity index (χ1v) is 13.3. The zero-order valence-corrected chi connectivity index (χ0v) is 22.4. The first-order valence-electron chi connectivity index (χ1n) is 13.3. The van der Waals surface area contributed by atoms with Crippen LogP contribution in [0.15, 0.2) is 83.7 Å². The van der Waals surface area contributed by atoms with Crippen molar-refractivity contribution in [1.29, 1.82) is 0 Å². The van der Waals surface area contributed by atoms with Gasteiger partial charge in [-0.15, -0.1) is 0 Å². The number of hydrogen-bond acceptors (Lipinski definition) is 3. The minimum atomic E-state index is -0.319. The van der Waals surface area contributed by atoms with Crippen LogP contribution in [0.2, 0.25) is 0 Å². The molecule has 1 heterocycles. The number of para-hydroxylation sites is 1. The molecule has 0 bridgehead atoms. The maximum Gasteiger partial charge on any atom is 0.266 e. The molecule has 0 spiro atoms. The Hall–Kier alpha value is -3.73. The number of hydrogen-bond donors (Lipinski definition) is 0. The Bertz CT molecular complexity index is 1390. The lowest BCUT2D eigenvalue weighted by molar-refractivity contribution is -0.134. The van der Waals surface area contributed by atoms with Crippen LogP contribution >= 0.6 is 0 Å². The van der Waals surface area contributed by atoms with Crippen LogP contribution < -0.4 is 5.56 Å². The molecule has 0 aliphatic rings. The predicted molar refractivity (Wildman–Crippen MR) is 151 cm³/mol. The number of carbonyl (C=O) groups excluding carboxylic acids is 1. The van der Waals surface area contributed by atoms with Crippen LogP contribution in [-0.2, 0) is 11.2 Å². The Kier molecular flexibility index (Phi) is 8.54. The average Bonchev–Trinajstić information content (AvgIpc) is 2.91. The number of nitrogens with zero attached hydrogens (tertiary/aromatic N) is 3. The van der Waals surface area contributed by atoms with Crippen LogP contribution in [0.4, 0.5) is 0 Å². The van der Waals surface area contributed by atoms with Gasteiger partial charge in [0.2, 0.25) is 5.91 Å². The van der Waals surface area contributed by atoms with Gasteiger partial charge in [0.15, 0.2) is 0 Å². The molecule has 4 rings (SSSR count). The third kappa shape index (κ3) is 6.16. The van der Waals surface area contributed by atoms with Gasteiger partial charge in [0.1, 0.15) is 5.82 Å². The summed E-state index contributed by atoms with van der Waals surface area (Å²) in [5.41, 5.74) is 3.58. The Labute approximate surface area is 219 Å². The van der Waals surface area contributed by atoms with E-state index < -0.39 is 0 Å². The summed E-state index contributed by atoms with van der Waals surface area (Å²) in [6.45, 7) is 9.06.